The minimum absolute atomic E-state index is 0.118. The van der Waals surface area contributed by atoms with Crippen molar-refractivity contribution in [3.05, 3.63) is 24.3 Å². The number of carbonyl (C=O) groups is 4. The molecular weight excluding hydrogens is 466 g/mol. The van der Waals surface area contributed by atoms with Gasteiger partial charge in [0.25, 0.3) is 0 Å². The molecule has 3 amide bonds. The van der Waals surface area contributed by atoms with E-state index in [1.165, 1.54) is 4.90 Å². The summed E-state index contributed by atoms with van der Waals surface area (Å²) >= 11 is 0. The van der Waals surface area contributed by atoms with Gasteiger partial charge in [-0.1, -0.05) is 31.2 Å². The summed E-state index contributed by atoms with van der Waals surface area (Å²) in [5.41, 5.74) is -1.38. The third kappa shape index (κ3) is 4.34. The Morgan fingerprint density at radius 3 is 2.61 bits per heavy atom. The van der Waals surface area contributed by atoms with E-state index >= 15 is 0 Å². The quantitative estimate of drug-likeness (QED) is 0.424. The van der Waals surface area contributed by atoms with Gasteiger partial charge in [0.05, 0.1) is 31.2 Å². The number of hydrogen-bond acceptors (Lipinski definition) is 7. The summed E-state index contributed by atoms with van der Waals surface area (Å²) in [6, 6.07) is -1.73. The molecule has 2 fully saturated rings. The van der Waals surface area contributed by atoms with E-state index in [0.29, 0.717) is 19.4 Å². The van der Waals surface area contributed by atoms with E-state index in [1.807, 2.05) is 26.8 Å². The van der Waals surface area contributed by atoms with E-state index in [2.05, 4.69) is 5.32 Å². The van der Waals surface area contributed by atoms with Gasteiger partial charge < -0.3 is 29.7 Å². The van der Waals surface area contributed by atoms with Crippen molar-refractivity contribution in [2.45, 2.75) is 82.9 Å². The van der Waals surface area contributed by atoms with Gasteiger partial charge in [0.2, 0.25) is 17.7 Å². The van der Waals surface area contributed by atoms with Crippen molar-refractivity contribution in [3.8, 4) is 0 Å². The molecule has 2 saturated heterocycles. The van der Waals surface area contributed by atoms with Gasteiger partial charge in [0.1, 0.15) is 23.7 Å². The van der Waals surface area contributed by atoms with E-state index < -0.39 is 53.6 Å². The van der Waals surface area contributed by atoms with Crippen LogP contribution in [0, 0.1) is 11.8 Å². The summed E-state index contributed by atoms with van der Waals surface area (Å²) in [6.45, 7) is 7.54. The van der Waals surface area contributed by atoms with Crippen molar-refractivity contribution in [1.29, 1.82) is 0 Å². The van der Waals surface area contributed by atoms with Crippen LogP contribution >= 0.6 is 0 Å². The largest absolute Gasteiger partial charge is 0.460 e. The lowest BCUT2D eigenvalue weighted by molar-refractivity contribution is -0.159. The monoisotopic (exact) mass is 503 g/mol. The number of amides is 3. The molecule has 7 atom stereocenters. The molecule has 0 aromatic carbocycles. The molecule has 4 aliphatic heterocycles. The summed E-state index contributed by atoms with van der Waals surface area (Å²) in [5, 5.41) is 12.9. The standard InChI is InChI=1S/C26H37N3O7/c1-5-17(14-30)29-22-24(33)28(15(2)3)12-8-11-26(22)21(23(29)32)20-18(36-26)9-6-7-10-19(31)27-13-16(4)35-25(20)34/h6,8-9,11,15-18,20-22,30H,5,7,10,12-14H2,1-4H3,(H,27,31)/b9-6-/t16-,17-,18-,20+,21+,22-,26+/m0/s1. The van der Waals surface area contributed by atoms with Crippen LogP contribution in [-0.4, -0.2) is 94.2 Å². The Kier molecular flexibility index (Phi) is 7.56. The van der Waals surface area contributed by atoms with Crippen molar-refractivity contribution in [1.82, 2.24) is 15.1 Å². The predicted molar refractivity (Wildman–Crippen MR) is 129 cm³/mol. The SMILES string of the molecule is CC[C@@H](CO)N1C(=O)[C@H]2[C@@H]3C(=O)O[C@@H](C)CNC(=O)CC/C=C\[C@@H]3O[C@]23C=CCN(C(C)C)C(=O)[C@H]13. The number of carbonyl (C=O) groups excluding carboxylic acids is 4. The number of cyclic esters (lactones) is 1. The average molecular weight is 504 g/mol. The number of fused-ring (bicyclic) bond motifs is 2. The van der Waals surface area contributed by atoms with Gasteiger partial charge in [-0.25, -0.2) is 0 Å². The fraction of sp³-hybridized carbons (Fsp3) is 0.692. The molecule has 0 unspecified atom stereocenters. The second-order valence-corrected chi connectivity index (χ2v) is 10.3. The minimum atomic E-state index is -1.38. The first-order valence-electron chi connectivity index (χ1n) is 12.9. The third-order valence-corrected chi connectivity index (χ3v) is 7.70. The Morgan fingerprint density at radius 1 is 1.19 bits per heavy atom. The number of nitrogens with one attached hydrogen (secondary N) is 1. The topological polar surface area (TPSA) is 125 Å². The highest BCUT2D eigenvalue weighted by atomic mass is 16.6. The second-order valence-electron chi connectivity index (χ2n) is 10.3. The average Bonchev–Trinajstić information content (AvgIpc) is 3.21. The summed E-state index contributed by atoms with van der Waals surface area (Å²) in [4.78, 5) is 56.7. The van der Waals surface area contributed by atoms with E-state index in [9.17, 15) is 24.3 Å². The molecule has 0 aromatic rings. The molecule has 10 nitrogen and oxygen atoms in total. The molecular formula is C26H37N3O7. The van der Waals surface area contributed by atoms with Gasteiger partial charge >= 0.3 is 5.97 Å². The van der Waals surface area contributed by atoms with Gasteiger partial charge in [0.15, 0.2) is 0 Å². The highest BCUT2D eigenvalue weighted by Crippen LogP contribution is 2.53. The summed E-state index contributed by atoms with van der Waals surface area (Å²) in [7, 11) is 0. The molecule has 4 heterocycles. The van der Waals surface area contributed by atoms with Gasteiger partial charge in [0, 0.05) is 19.0 Å². The van der Waals surface area contributed by atoms with E-state index in [4.69, 9.17) is 9.47 Å². The highest BCUT2D eigenvalue weighted by molar-refractivity contribution is 5.99. The lowest BCUT2D eigenvalue weighted by atomic mass is 9.78. The Bertz CT molecular complexity index is 959. The van der Waals surface area contributed by atoms with Crippen LogP contribution < -0.4 is 5.32 Å². The molecule has 0 bridgehead atoms. The zero-order valence-electron chi connectivity index (χ0n) is 21.4. The number of aliphatic hydroxyl groups is 1. The van der Waals surface area contributed by atoms with Crippen LogP contribution in [0.15, 0.2) is 24.3 Å². The zero-order chi connectivity index (χ0) is 26.2. The van der Waals surface area contributed by atoms with Gasteiger partial charge in [-0.15, -0.1) is 0 Å². The maximum atomic E-state index is 14.1. The van der Waals surface area contributed by atoms with Crippen LogP contribution in [0.2, 0.25) is 0 Å². The van der Waals surface area contributed by atoms with Crippen LogP contribution in [0.1, 0.15) is 47.0 Å². The molecule has 0 aromatic heterocycles. The van der Waals surface area contributed by atoms with Crippen LogP contribution in [0.4, 0.5) is 0 Å². The van der Waals surface area contributed by atoms with Gasteiger partial charge in [-0.3, -0.25) is 19.2 Å². The van der Waals surface area contributed by atoms with E-state index in [-0.39, 0.29) is 37.4 Å². The number of allylic oxidation sites excluding steroid dienone is 1. The first kappa shape index (κ1) is 26.3. The molecule has 0 radical (unpaired) electrons. The smallest absolute Gasteiger partial charge is 0.313 e. The van der Waals surface area contributed by atoms with Crippen molar-refractivity contribution in [2.75, 3.05) is 19.7 Å². The summed E-state index contributed by atoms with van der Waals surface area (Å²) in [5.74, 6) is -3.37. The van der Waals surface area contributed by atoms with Crippen molar-refractivity contribution in [2.24, 2.45) is 11.8 Å². The number of likely N-dealkylation sites (tertiary alicyclic amines) is 1. The molecule has 198 valence electrons. The number of esters is 1. The van der Waals surface area contributed by atoms with Crippen LogP contribution in [0.25, 0.3) is 0 Å². The van der Waals surface area contributed by atoms with E-state index in [0.717, 1.165) is 0 Å². The number of rotatable bonds is 4. The Hall–Kier alpha value is -2.72. The third-order valence-electron chi connectivity index (χ3n) is 7.70. The lowest BCUT2D eigenvalue weighted by Gasteiger charge is -2.39. The fourth-order valence-electron chi connectivity index (χ4n) is 5.89. The molecule has 36 heavy (non-hydrogen) atoms. The molecule has 1 spiro atoms. The molecule has 4 aliphatic rings. The lowest BCUT2D eigenvalue weighted by Crippen LogP contribution is -2.58. The first-order valence-corrected chi connectivity index (χ1v) is 12.9. The zero-order valence-corrected chi connectivity index (χ0v) is 21.4. The van der Waals surface area contributed by atoms with Crippen LogP contribution in [-0.2, 0) is 28.7 Å². The van der Waals surface area contributed by atoms with Crippen molar-refractivity contribution in [3.63, 3.8) is 0 Å². The summed E-state index contributed by atoms with van der Waals surface area (Å²) in [6.07, 6.45) is 6.83. The Labute approximate surface area is 211 Å². The number of aliphatic hydroxyl groups excluding tert-OH is 1. The maximum absolute atomic E-state index is 14.1. The maximum Gasteiger partial charge on any atom is 0.313 e. The second kappa shape index (κ2) is 10.3. The van der Waals surface area contributed by atoms with Gasteiger partial charge in [-0.05, 0) is 33.6 Å². The molecule has 2 N–H and O–H groups in total. The minimum Gasteiger partial charge on any atom is -0.460 e. The molecule has 0 saturated carbocycles. The molecule has 4 rings (SSSR count). The van der Waals surface area contributed by atoms with Crippen LogP contribution in [0.3, 0.4) is 0 Å². The molecule has 10 heteroatoms. The molecule has 0 aliphatic carbocycles. The first-order chi connectivity index (χ1) is 17.2. The van der Waals surface area contributed by atoms with E-state index in [1.54, 1.807) is 30.1 Å². The van der Waals surface area contributed by atoms with Crippen molar-refractivity contribution < 1.29 is 33.8 Å². The summed E-state index contributed by atoms with van der Waals surface area (Å²) < 4.78 is 12.2. The number of hydrogen-bond donors (Lipinski definition) is 2. The normalized spacial score (nSPS) is 36.8. The number of nitrogens with zero attached hydrogens (tertiary/aromatic N) is 2. The Balaban J connectivity index is 1.83. The number of ether oxygens (including phenoxy) is 2. The van der Waals surface area contributed by atoms with Crippen molar-refractivity contribution >= 4 is 23.7 Å². The highest BCUT2D eigenvalue weighted by Gasteiger charge is 2.72. The Morgan fingerprint density at radius 2 is 1.94 bits per heavy atom. The van der Waals surface area contributed by atoms with Crippen LogP contribution in [0.5, 0.6) is 0 Å². The predicted octanol–water partition coefficient (Wildman–Crippen LogP) is 0.543. The van der Waals surface area contributed by atoms with Gasteiger partial charge in [-0.2, -0.15) is 0 Å². The fourth-order valence-corrected chi connectivity index (χ4v) is 5.89.